The van der Waals surface area contributed by atoms with E-state index in [2.05, 4.69) is 12.2 Å². The highest BCUT2D eigenvalue weighted by Gasteiger charge is 2.32. The molecule has 1 fully saturated rings. The third-order valence-electron chi connectivity index (χ3n) is 3.08. The number of hydrogen-bond donors (Lipinski definition) is 1. The van der Waals surface area contributed by atoms with Crippen molar-refractivity contribution in [2.24, 2.45) is 0 Å². The number of piperidine rings is 1. The quantitative estimate of drug-likeness (QED) is 0.567. The van der Waals surface area contributed by atoms with Gasteiger partial charge in [0.25, 0.3) is 0 Å². The largest absolute Gasteiger partial charge is 0.464 e. The first-order valence-electron chi connectivity index (χ1n) is 6.87. The van der Waals surface area contributed by atoms with Crippen molar-refractivity contribution in [1.82, 2.24) is 10.2 Å². The molecular weight excluding hydrogens is 232 g/mol. The van der Waals surface area contributed by atoms with Crippen molar-refractivity contribution >= 4 is 11.9 Å². The Morgan fingerprint density at radius 3 is 2.78 bits per heavy atom. The van der Waals surface area contributed by atoms with Crippen molar-refractivity contribution in [2.75, 3.05) is 26.2 Å². The molecule has 1 aliphatic rings. The first-order chi connectivity index (χ1) is 8.70. The van der Waals surface area contributed by atoms with E-state index in [-0.39, 0.29) is 17.9 Å². The van der Waals surface area contributed by atoms with Crippen LogP contribution in [0.15, 0.2) is 0 Å². The Balaban J connectivity index is 2.52. The Kier molecular flexibility index (Phi) is 6.72. The summed E-state index contributed by atoms with van der Waals surface area (Å²) in [6.45, 7) is 6.00. The number of carbonyl (C=O) groups is 2. The maximum Gasteiger partial charge on any atom is 0.328 e. The van der Waals surface area contributed by atoms with Crippen LogP contribution in [0, 0.1) is 0 Å². The number of carbonyl (C=O) groups excluding carboxylic acids is 2. The van der Waals surface area contributed by atoms with Crippen LogP contribution in [0.25, 0.3) is 0 Å². The van der Waals surface area contributed by atoms with Gasteiger partial charge in [-0.2, -0.15) is 0 Å². The Hall–Kier alpha value is -1.10. The minimum absolute atomic E-state index is 0.00111. The van der Waals surface area contributed by atoms with E-state index in [4.69, 9.17) is 4.74 Å². The minimum atomic E-state index is -0.380. The smallest absolute Gasteiger partial charge is 0.328 e. The van der Waals surface area contributed by atoms with Crippen LogP contribution in [-0.4, -0.2) is 49.1 Å². The lowest BCUT2D eigenvalue weighted by Gasteiger charge is -2.34. The van der Waals surface area contributed by atoms with Crippen molar-refractivity contribution in [3.8, 4) is 0 Å². The second-order valence-corrected chi connectivity index (χ2v) is 4.53. The van der Waals surface area contributed by atoms with Crippen molar-refractivity contribution in [1.29, 1.82) is 0 Å². The van der Waals surface area contributed by atoms with Gasteiger partial charge in [-0.25, -0.2) is 4.79 Å². The lowest BCUT2D eigenvalue weighted by Crippen LogP contribution is -2.51. The SMILES string of the molecule is CCCNCC(=O)N1CCCCC1C(=O)OCC. The molecule has 1 N–H and O–H groups in total. The summed E-state index contributed by atoms with van der Waals surface area (Å²) in [6.07, 6.45) is 3.66. The van der Waals surface area contributed by atoms with Gasteiger partial charge in [0.05, 0.1) is 13.2 Å². The zero-order chi connectivity index (χ0) is 13.4. The topological polar surface area (TPSA) is 58.6 Å². The molecule has 18 heavy (non-hydrogen) atoms. The van der Waals surface area contributed by atoms with Gasteiger partial charge in [0.2, 0.25) is 5.91 Å². The maximum atomic E-state index is 12.0. The molecule has 104 valence electrons. The van der Waals surface area contributed by atoms with E-state index in [1.807, 2.05) is 0 Å². The van der Waals surface area contributed by atoms with Crippen LogP contribution in [0.4, 0.5) is 0 Å². The molecule has 0 aromatic rings. The number of nitrogens with zero attached hydrogens (tertiary/aromatic N) is 1. The van der Waals surface area contributed by atoms with E-state index in [1.165, 1.54) is 0 Å². The molecule has 1 amide bonds. The summed E-state index contributed by atoms with van der Waals surface area (Å²) in [5.41, 5.74) is 0. The van der Waals surface area contributed by atoms with Gasteiger partial charge in [-0.1, -0.05) is 6.92 Å². The predicted molar refractivity (Wildman–Crippen MR) is 69.1 cm³/mol. The average Bonchev–Trinajstić information content (AvgIpc) is 2.39. The lowest BCUT2D eigenvalue weighted by molar-refractivity contribution is -0.156. The van der Waals surface area contributed by atoms with Gasteiger partial charge in [0.1, 0.15) is 6.04 Å². The number of nitrogens with one attached hydrogen (secondary N) is 1. The normalized spacial score (nSPS) is 19.7. The lowest BCUT2D eigenvalue weighted by atomic mass is 10.0. The summed E-state index contributed by atoms with van der Waals surface area (Å²) >= 11 is 0. The van der Waals surface area contributed by atoms with Gasteiger partial charge in [0.15, 0.2) is 0 Å². The van der Waals surface area contributed by atoms with E-state index in [1.54, 1.807) is 11.8 Å². The molecule has 1 unspecified atom stereocenters. The van der Waals surface area contributed by atoms with Crippen LogP contribution in [0.1, 0.15) is 39.5 Å². The van der Waals surface area contributed by atoms with Gasteiger partial charge < -0.3 is 15.0 Å². The fourth-order valence-corrected chi connectivity index (χ4v) is 2.19. The van der Waals surface area contributed by atoms with Crippen LogP contribution in [0.3, 0.4) is 0 Å². The van der Waals surface area contributed by atoms with Crippen LogP contribution in [-0.2, 0) is 14.3 Å². The van der Waals surface area contributed by atoms with E-state index in [0.717, 1.165) is 32.2 Å². The molecule has 5 nitrogen and oxygen atoms in total. The van der Waals surface area contributed by atoms with Crippen LogP contribution < -0.4 is 5.32 Å². The highest BCUT2D eigenvalue weighted by atomic mass is 16.5. The second-order valence-electron chi connectivity index (χ2n) is 4.53. The molecule has 0 aromatic carbocycles. The first kappa shape index (κ1) is 15.0. The zero-order valence-corrected chi connectivity index (χ0v) is 11.4. The molecule has 1 saturated heterocycles. The van der Waals surface area contributed by atoms with Gasteiger partial charge >= 0.3 is 5.97 Å². The van der Waals surface area contributed by atoms with Gasteiger partial charge in [0, 0.05) is 6.54 Å². The van der Waals surface area contributed by atoms with E-state index in [0.29, 0.717) is 19.7 Å². The number of hydrogen-bond acceptors (Lipinski definition) is 4. The van der Waals surface area contributed by atoms with E-state index >= 15 is 0 Å². The molecule has 5 heteroatoms. The first-order valence-corrected chi connectivity index (χ1v) is 6.87. The summed E-state index contributed by atoms with van der Waals surface area (Å²) in [5.74, 6) is -0.262. The summed E-state index contributed by atoms with van der Waals surface area (Å²) in [6, 6.07) is -0.380. The van der Waals surface area contributed by atoms with Crippen molar-refractivity contribution in [3.63, 3.8) is 0 Å². The predicted octanol–water partition coefficient (Wildman–Crippen LogP) is 0.930. The molecule has 1 rings (SSSR count). The molecule has 0 radical (unpaired) electrons. The summed E-state index contributed by atoms with van der Waals surface area (Å²) < 4.78 is 5.03. The Labute approximate surface area is 109 Å². The zero-order valence-electron chi connectivity index (χ0n) is 11.4. The third kappa shape index (κ3) is 4.29. The number of ether oxygens (including phenoxy) is 1. The highest BCUT2D eigenvalue weighted by molar-refractivity contribution is 5.85. The molecule has 0 aromatic heterocycles. The molecule has 1 atom stereocenters. The standard InChI is InChI=1S/C13H24N2O3/c1-3-8-14-10-12(16)15-9-6-5-7-11(15)13(17)18-4-2/h11,14H,3-10H2,1-2H3. The Morgan fingerprint density at radius 2 is 2.11 bits per heavy atom. The molecule has 0 saturated carbocycles. The number of likely N-dealkylation sites (tertiary alicyclic amines) is 1. The molecule has 0 spiro atoms. The van der Waals surface area contributed by atoms with Crippen molar-refractivity contribution in [3.05, 3.63) is 0 Å². The Morgan fingerprint density at radius 1 is 1.33 bits per heavy atom. The van der Waals surface area contributed by atoms with Crippen LogP contribution >= 0.6 is 0 Å². The van der Waals surface area contributed by atoms with Crippen LogP contribution in [0.5, 0.6) is 0 Å². The van der Waals surface area contributed by atoms with E-state index < -0.39 is 0 Å². The second kappa shape index (κ2) is 8.08. The summed E-state index contributed by atoms with van der Waals surface area (Å²) in [4.78, 5) is 25.5. The fraction of sp³-hybridized carbons (Fsp3) is 0.846. The number of amides is 1. The molecule has 1 heterocycles. The van der Waals surface area contributed by atoms with Gasteiger partial charge in [-0.3, -0.25) is 4.79 Å². The molecule has 0 bridgehead atoms. The molecule has 0 aliphatic carbocycles. The Bertz CT molecular complexity index is 281. The van der Waals surface area contributed by atoms with Gasteiger partial charge in [-0.15, -0.1) is 0 Å². The third-order valence-corrected chi connectivity index (χ3v) is 3.08. The number of rotatable bonds is 6. The summed E-state index contributed by atoms with van der Waals surface area (Å²) in [5, 5.41) is 3.08. The average molecular weight is 256 g/mol. The fourth-order valence-electron chi connectivity index (χ4n) is 2.19. The minimum Gasteiger partial charge on any atom is -0.464 e. The van der Waals surface area contributed by atoms with E-state index in [9.17, 15) is 9.59 Å². The maximum absolute atomic E-state index is 12.0. The highest BCUT2D eigenvalue weighted by Crippen LogP contribution is 2.18. The van der Waals surface area contributed by atoms with Crippen molar-refractivity contribution in [2.45, 2.75) is 45.6 Å². The molecular formula is C13H24N2O3. The number of esters is 1. The molecule has 1 aliphatic heterocycles. The monoisotopic (exact) mass is 256 g/mol. The summed E-state index contributed by atoms with van der Waals surface area (Å²) in [7, 11) is 0. The van der Waals surface area contributed by atoms with Crippen molar-refractivity contribution < 1.29 is 14.3 Å². The van der Waals surface area contributed by atoms with Gasteiger partial charge in [-0.05, 0) is 39.2 Å². The van der Waals surface area contributed by atoms with Crippen LogP contribution in [0.2, 0.25) is 0 Å².